The van der Waals surface area contributed by atoms with Gasteiger partial charge in [0, 0.05) is 32.1 Å². The third-order valence-electron chi connectivity index (χ3n) is 2.92. The van der Waals surface area contributed by atoms with Gasteiger partial charge in [-0.2, -0.15) is 0 Å². The molecular weight excluding hydrogens is 401 g/mol. The van der Waals surface area contributed by atoms with Crippen LogP contribution in [-0.4, -0.2) is 4.98 Å². The van der Waals surface area contributed by atoms with Gasteiger partial charge in [0.2, 0.25) is 0 Å². The largest absolute Gasteiger partial charge is 0.301 e. The molecule has 0 N–H and O–H groups in total. The van der Waals surface area contributed by atoms with Crippen molar-refractivity contribution in [3.05, 3.63) is 66.4 Å². The Labute approximate surface area is 121 Å². The monoisotopic (exact) mass is 413 g/mol. The number of aryl methyl sites for hydroxylation is 1. The van der Waals surface area contributed by atoms with Crippen molar-refractivity contribution in [1.29, 1.82) is 0 Å². The molecule has 2 heteroatoms. The van der Waals surface area contributed by atoms with Crippen molar-refractivity contribution >= 4 is 10.8 Å². The first-order valence-corrected chi connectivity index (χ1v) is 5.68. The minimum Gasteiger partial charge on any atom is -0.301 e. The summed E-state index contributed by atoms with van der Waals surface area (Å²) in [4.78, 5) is 4.64. The second-order valence-corrected chi connectivity index (χ2v) is 4.09. The first-order valence-electron chi connectivity index (χ1n) is 5.68. The summed E-state index contributed by atoms with van der Waals surface area (Å²) in [6, 6.07) is 21.6. The molecule has 0 saturated heterocycles. The van der Waals surface area contributed by atoms with E-state index in [2.05, 4.69) is 42.2 Å². The van der Waals surface area contributed by atoms with Gasteiger partial charge in [0.25, 0.3) is 0 Å². The number of hydrogen-bond donors (Lipinski definition) is 0. The van der Waals surface area contributed by atoms with Crippen molar-refractivity contribution in [1.82, 2.24) is 4.98 Å². The van der Waals surface area contributed by atoms with E-state index in [-0.39, 0.29) is 21.1 Å². The Morgan fingerprint density at radius 3 is 2.56 bits per heavy atom. The van der Waals surface area contributed by atoms with Gasteiger partial charge in [-0.1, -0.05) is 30.3 Å². The van der Waals surface area contributed by atoms with Gasteiger partial charge in [-0.05, 0) is 18.0 Å². The van der Waals surface area contributed by atoms with Gasteiger partial charge < -0.3 is 4.98 Å². The summed E-state index contributed by atoms with van der Waals surface area (Å²) in [5.41, 5.74) is 3.10. The molecule has 18 heavy (non-hydrogen) atoms. The van der Waals surface area contributed by atoms with Crippen molar-refractivity contribution in [2.45, 2.75) is 6.92 Å². The van der Waals surface area contributed by atoms with Crippen LogP contribution in [0.1, 0.15) is 5.69 Å². The maximum Gasteiger partial charge on any atom is 0.0344 e. The van der Waals surface area contributed by atoms with Gasteiger partial charge in [0.05, 0.1) is 0 Å². The van der Waals surface area contributed by atoms with Crippen molar-refractivity contribution in [3.63, 3.8) is 0 Å². The fraction of sp³-hybridized carbons (Fsp3) is 0.0625. The zero-order chi connectivity index (χ0) is 11.7. The summed E-state index contributed by atoms with van der Waals surface area (Å²) in [6.07, 6.45) is 0. The van der Waals surface area contributed by atoms with Crippen LogP contribution in [0.15, 0.2) is 54.6 Å². The first kappa shape index (κ1) is 13.0. The number of pyridine rings is 1. The number of nitrogens with zero attached hydrogens (tertiary/aromatic N) is 1. The number of fused-ring (bicyclic) bond motifs is 1. The number of aromatic nitrogens is 1. The molecule has 92 valence electrons. The summed E-state index contributed by atoms with van der Waals surface area (Å²) in [5.74, 6) is 0. The van der Waals surface area contributed by atoms with Crippen LogP contribution in [0.3, 0.4) is 0 Å². The van der Waals surface area contributed by atoms with E-state index in [0.717, 1.165) is 17.0 Å². The van der Waals surface area contributed by atoms with Gasteiger partial charge in [-0.15, -0.1) is 35.9 Å². The van der Waals surface area contributed by atoms with E-state index >= 15 is 0 Å². The number of hydrogen-bond acceptors (Lipinski definition) is 1. The van der Waals surface area contributed by atoms with Crippen molar-refractivity contribution in [2.24, 2.45) is 0 Å². The molecule has 0 aliphatic heterocycles. The molecule has 1 nitrogen and oxygen atoms in total. The van der Waals surface area contributed by atoms with E-state index in [9.17, 15) is 0 Å². The minimum absolute atomic E-state index is 0. The average molecular weight is 413 g/mol. The molecule has 0 aliphatic carbocycles. The van der Waals surface area contributed by atoms with E-state index in [4.69, 9.17) is 0 Å². The van der Waals surface area contributed by atoms with Crippen LogP contribution in [-0.2, 0) is 21.1 Å². The molecule has 0 aliphatic rings. The zero-order valence-electron chi connectivity index (χ0n) is 9.96. The molecular formula is C16H12NPt-. The summed E-state index contributed by atoms with van der Waals surface area (Å²) >= 11 is 0. The second kappa shape index (κ2) is 5.45. The maximum atomic E-state index is 4.64. The van der Waals surface area contributed by atoms with E-state index in [1.165, 1.54) is 10.8 Å². The molecule has 0 atom stereocenters. The molecule has 3 rings (SSSR count). The number of rotatable bonds is 1. The Balaban J connectivity index is 0.00000120. The first-order chi connectivity index (χ1) is 8.34. The van der Waals surface area contributed by atoms with Crippen LogP contribution in [0.2, 0.25) is 0 Å². The molecule has 0 unspecified atom stereocenters. The SMILES string of the molecule is Cc1nc(-c2[c-]cccc2)cc2ccccc12.[Pt]. The number of benzene rings is 2. The van der Waals surface area contributed by atoms with E-state index in [1.54, 1.807) is 0 Å². The molecule has 2 aromatic carbocycles. The van der Waals surface area contributed by atoms with Crippen molar-refractivity contribution in [3.8, 4) is 11.3 Å². The molecule has 1 aromatic heterocycles. The average Bonchev–Trinajstić information content (AvgIpc) is 2.40. The molecule has 0 amide bonds. The third kappa shape index (κ3) is 2.37. The van der Waals surface area contributed by atoms with Crippen LogP contribution < -0.4 is 0 Å². The van der Waals surface area contributed by atoms with Crippen molar-refractivity contribution in [2.75, 3.05) is 0 Å². The van der Waals surface area contributed by atoms with Crippen molar-refractivity contribution < 1.29 is 21.1 Å². The normalized spacial score (nSPS) is 10.1. The predicted octanol–water partition coefficient (Wildman–Crippen LogP) is 4.01. The molecule has 0 fully saturated rings. The molecule has 0 saturated carbocycles. The molecule has 1 heterocycles. The fourth-order valence-corrected chi connectivity index (χ4v) is 2.06. The van der Waals surface area contributed by atoms with Crippen LogP contribution in [0.5, 0.6) is 0 Å². The van der Waals surface area contributed by atoms with E-state index in [0.29, 0.717) is 0 Å². The van der Waals surface area contributed by atoms with E-state index in [1.807, 2.05) is 30.3 Å². The topological polar surface area (TPSA) is 12.9 Å². The minimum atomic E-state index is 0. The smallest absolute Gasteiger partial charge is 0.0344 e. The van der Waals surface area contributed by atoms with Gasteiger partial charge >= 0.3 is 0 Å². The summed E-state index contributed by atoms with van der Waals surface area (Å²) < 4.78 is 0. The fourth-order valence-electron chi connectivity index (χ4n) is 2.06. The Bertz CT molecular complexity index is 662. The van der Waals surface area contributed by atoms with Gasteiger partial charge in [0.15, 0.2) is 0 Å². The van der Waals surface area contributed by atoms with Crippen LogP contribution in [0.4, 0.5) is 0 Å². The summed E-state index contributed by atoms with van der Waals surface area (Å²) in [6.45, 7) is 2.05. The van der Waals surface area contributed by atoms with Gasteiger partial charge in [-0.25, -0.2) is 0 Å². The predicted molar refractivity (Wildman–Crippen MR) is 70.8 cm³/mol. The summed E-state index contributed by atoms with van der Waals surface area (Å²) in [5, 5.41) is 2.44. The Hall–Kier alpha value is -1.46. The van der Waals surface area contributed by atoms with Gasteiger partial charge in [0.1, 0.15) is 0 Å². The third-order valence-corrected chi connectivity index (χ3v) is 2.92. The summed E-state index contributed by atoms with van der Waals surface area (Å²) in [7, 11) is 0. The van der Waals surface area contributed by atoms with Crippen LogP contribution in [0.25, 0.3) is 22.0 Å². The quantitative estimate of drug-likeness (QED) is 0.550. The van der Waals surface area contributed by atoms with Gasteiger partial charge in [-0.3, -0.25) is 0 Å². The standard InChI is InChI=1S/C16H12N.Pt/c1-12-15-10-6-5-9-14(15)11-16(17-12)13-7-3-2-4-8-13;/h2-7,9-11H,1H3;/q-1;. The maximum absolute atomic E-state index is 4.64. The molecule has 0 spiro atoms. The zero-order valence-corrected chi connectivity index (χ0v) is 12.2. The van der Waals surface area contributed by atoms with Crippen LogP contribution >= 0.6 is 0 Å². The molecule has 3 aromatic rings. The molecule has 0 bridgehead atoms. The Morgan fingerprint density at radius 2 is 1.78 bits per heavy atom. The molecule has 0 radical (unpaired) electrons. The van der Waals surface area contributed by atoms with Crippen LogP contribution in [0, 0.1) is 13.0 Å². The Morgan fingerprint density at radius 1 is 1.00 bits per heavy atom. The van der Waals surface area contributed by atoms with E-state index < -0.39 is 0 Å². The second-order valence-electron chi connectivity index (χ2n) is 4.09. The Kier molecular flexibility index (Phi) is 3.93.